The summed E-state index contributed by atoms with van der Waals surface area (Å²) in [6.45, 7) is 0. The molecule has 16 heavy (non-hydrogen) atoms. The van der Waals surface area contributed by atoms with Gasteiger partial charge in [0.15, 0.2) is 0 Å². The van der Waals surface area contributed by atoms with Crippen molar-refractivity contribution in [3.05, 3.63) is 16.1 Å². The Labute approximate surface area is 99.8 Å². The minimum absolute atomic E-state index is 0.113. The van der Waals surface area contributed by atoms with Crippen LogP contribution in [0, 0.1) is 0 Å². The molecule has 0 spiro atoms. The fourth-order valence-corrected chi connectivity index (χ4v) is 2.58. The first-order valence-corrected chi connectivity index (χ1v) is 6.68. The normalized spacial score (nSPS) is 15.1. The molecule has 0 saturated heterocycles. The van der Waals surface area contributed by atoms with Crippen molar-refractivity contribution in [2.45, 2.75) is 44.4 Å². The second-order valence-electron chi connectivity index (χ2n) is 4.22. The summed E-state index contributed by atoms with van der Waals surface area (Å²) in [5, 5.41) is 3.40. The van der Waals surface area contributed by atoms with E-state index < -0.39 is 0 Å². The van der Waals surface area contributed by atoms with E-state index in [1.54, 1.807) is 11.3 Å². The average molecular weight is 239 g/mol. The second kappa shape index (κ2) is 5.43. The molecule has 88 valence electrons. The monoisotopic (exact) mass is 239 g/mol. The van der Waals surface area contributed by atoms with E-state index in [-0.39, 0.29) is 5.97 Å². The number of unbranched alkanes of at least 4 members (excludes halogenated alkanes) is 1. The van der Waals surface area contributed by atoms with Gasteiger partial charge in [-0.15, -0.1) is 11.3 Å². The molecule has 0 aliphatic heterocycles. The summed E-state index contributed by atoms with van der Waals surface area (Å²) >= 11 is 1.76. The summed E-state index contributed by atoms with van der Waals surface area (Å²) in [6.07, 6.45) is 6.06. The molecule has 0 N–H and O–H groups in total. The smallest absolute Gasteiger partial charge is 0.305 e. The third-order valence-electron chi connectivity index (χ3n) is 2.81. The lowest BCUT2D eigenvalue weighted by molar-refractivity contribution is -0.140. The van der Waals surface area contributed by atoms with Gasteiger partial charge in [-0.2, -0.15) is 0 Å². The van der Waals surface area contributed by atoms with Crippen molar-refractivity contribution in [2.75, 3.05) is 7.11 Å². The average Bonchev–Trinajstić information content (AvgIpc) is 3.05. The standard InChI is InChI=1S/C12H17NO2S/c1-15-12(14)5-3-2-4-11-13-10(8-16-11)9-6-7-9/h8-9H,2-7H2,1H3. The summed E-state index contributed by atoms with van der Waals surface area (Å²) in [7, 11) is 1.44. The number of aryl methyl sites for hydroxylation is 1. The molecule has 2 rings (SSSR count). The maximum atomic E-state index is 10.9. The maximum absolute atomic E-state index is 10.9. The lowest BCUT2D eigenvalue weighted by Crippen LogP contribution is -1.99. The number of hydrogen-bond acceptors (Lipinski definition) is 4. The largest absolute Gasteiger partial charge is 0.469 e. The van der Waals surface area contributed by atoms with Gasteiger partial charge >= 0.3 is 5.97 Å². The van der Waals surface area contributed by atoms with Crippen molar-refractivity contribution in [1.29, 1.82) is 0 Å². The van der Waals surface area contributed by atoms with Crippen LogP contribution in [0.1, 0.15) is 48.7 Å². The van der Waals surface area contributed by atoms with Crippen LogP contribution in [0.5, 0.6) is 0 Å². The first-order valence-electron chi connectivity index (χ1n) is 5.80. The lowest BCUT2D eigenvalue weighted by atomic mass is 10.2. The molecule has 4 heteroatoms. The van der Waals surface area contributed by atoms with Crippen LogP contribution in [-0.4, -0.2) is 18.1 Å². The summed E-state index contributed by atoms with van der Waals surface area (Å²) in [5.74, 6) is 0.637. The van der Waals surface area contributed by atoms with Crippen molar-refractivity contribution in [2.24, 2.45) is 0 Å². The Morgan fingerprint density at radius 3 is 3.06 bits per heavy atom. The second-order valence-corrected chi connectivity index (χ2v) is 5.17. The minimum atomic E-state index is -0.113. The Morgan fingerprint density at radius 2 is 2.38 bits per heavy atom. The molecule has 0 unspecified atom stereocenters. The van der Waals surface area contributed by atoms with E-state index in [0.29, 0.717) is 6.42 Å². The molecule has 1 heterocycles. The fraction of sp³-hybridized carbons (Fsp3) is 0.667. The third kappa shape index (κ3) is 3.30. The van der Waals surface area contributed by atoms with Gasteiger partial charge in [-0.25, -0.2) is 4.98 Å². The molecule has 0 radical (unpaired) electrons. The summed E-state index contributed by atoms with van der Waals surface area (Å²) in [6, 6.07) is 0. The molecule has 1 aliphatic rings. The molecule has 0 aromatic carbocycles. The highest BCUT2D eigenvalue weighted by Gasteiger charge is 2.25. The zero-order valence-electron chi connectivity index (χ0n) is 9.57. The van der Waals surface area contributed by atoms with E-state index in [2.05, 4.69) is 15.1 Å². The number of thiazole rings is 1. The van der Waals surface area contributed by atoms with Gasteiger partial charge in [0, 0.05) is 17.7 Å². The predicted octanol–water partition coefficient (Wildman–Crippen LogP) is 2.91. The molecule has 1 aromatic rings. The highest BCUT2D eigenvalue weighted by Crippen LogP contribution is 2.40. The molecule has 1 saturated carbocycles. The number of carbonyl (C=O) groups excluding carboxylic acids is 1. The molecule has 0 atom stereocenters. The van der Waals surface area contributed by atoms with Crippen LogP contribution in [0.15, 0.2) is 5.38 Å². The Bertz CT molecular complexity index is 358. The van der Waals surface area contributed by atoms with Gasteiger partial charge in [0.2, 0.25) is 0 Å². The first-order chi connectivity index (χ1) is 7.79. The first kappa shape index (κ1) is 11.6. The number of nitrogens with zero attached hydrogens (tertiary/aromatic N) is 1. The van der Waals surface area contributed by atoms with Gasteiger partial charge in [-0.05, 0) is 32.1 Å². The van der Waals surface area contributed by atoms with E-state index in [9.17, 15) is 4.79 Å². The SMILES string of the molecule is COC(=O)CCCCc1nc(C2CC2)cs1. The van der Waals surface area contributed by atoms with Crippen molar-refractivity contribution in [3.8, 4) is 0 Å². The highest BCUT2D eigenvalue weighted by atomic mass is 32.1. The minimum Gasteiger partial charge on any atom is -0.469 e. The van der Waals surface area contributed by atoms with Crippen molar-refractivity contribution in [1.82, 2.24) is 4.98 Å². The number of esters is 1. The van der Waals surface area contributed by atoms with Gasteiger partial charge in [0.25, 0.3) is 0 Å². The van der Waals surface area contributed by atoms with Crippen LogP contribution in [-0.2, 0) is 16.0 Å². The third-order valence-corrected chi connectivity index (χ3v) is 3.74. The Balaban J connectivity index is 1.66. The molecular weight excluding hydrogens is 222 g/mol. The molecule has 1 aliphatic carbocycles. The zero-order valence-corrected chi connectivity index (χ0v) is 10.4. The molecule has 1 aromatic heterocycles. The van der Waals surface area contributed by atoms with E-state index in [1.165, 1.54) is 30.7 Å². The summed E-state index contributed by atoms with van der Waals surface area (Å²) in [4.78, 5) is 15.5. The van der Waals surface area contributed by atoms with Crippen LogP contribution >= 0.6 is 11.3 Å². The molecule has 1 fully saturated rings. The van der Waals surface area contributed by atoms with Gasteiger partial charge < -0.3 is 4.74 Å². The predicted molar refractivity (Wildman–Crippen MR) is 63.7 cm³/mol. The van der Waals surface area contributed by atoms with Crippen LogP contribution in [0.2, 0.25) is 0 Å². The molecule has 0 amide bonds. The molecule has 3 nitrogen and oxygen atoms in total. The van der Waals surface area contributed by atoms with Crippen molar-refractivity contribution in [3.63, 3.8) is 0 Å². The van der Waals surface area contributed by atoms with Gasteiger partial charge in [-0.3, -0.25) is 4.79 Å². The zero-order chi connectivity index (χ0) is 11.4. The number of hydrogen-bond donors (Lipinski definition) is 0. The van der Waals surface area contributed by atoms with Gasteiger partial charge in [0.05, 0.1) is 17.8 Å². The van der Waals surface area contributed by atoms with Gasteiger partial charge in [-0.1, -0.05) is 0 Å². The topological polar surface area (TPSA) is 39.2 Å². The summed E-state index contributed by atoms with van der Waals surface area (Å²) < 4.78 is 4.59. The number of rotatable bonds is 6. The Kier molecular flexibility index (Phi) is 3.93. The summed E-state index contributed by atoms with van der Waals surface area (Å²) in [5.41, 5.74) is 1.29. The maximum Gasteiger partial charge on any atom is 0.305 e. The highest BCUT2D eigenvalue weighted by molar-refractivity contribution is 7.09. The Morgan fingerprint density at radius 1 is 1.56 bits per heavy atom. The number of ether oxygens (including phenoxy) is 1. The van der Waals surface area contributed by atoms with Crippen molar-refractivity contribution >= 4 is 17.3 Å². The quantitative estimate of drug-likeness (QED) is 0.566. The van der Waals surface area contributed by atoms with Crippen molar-refractivity contribution < 1.29 is 9.53 Å². The number of aromatic nitrogens is 1. The van der Waals surface area contributed by atoms with E-state index in [1.807, 2.05) is 0 Å². The lowest BCUT2D eigenvalue weighted by Gasteiger charge is -1.98. The van der Waals surface area contributed by atoms with E-state index in [0.717, 1.165) is 25.2 Å². The van der Waals surface area contributed by atoms with E-state index >= 15 is 0 Å². The van der Waals surface area contributed by atoms with Crippen LogP contribution in [0.4, 0.5) is 0 Å². The van der Waals surface area contributed by atoms with Crippen LogP contribution in [0.3, 0.4) is 0 Å². The van der Waals surface area contributed by atoms with Crippen LogP contribution < -0.4 is 0 Å². The molecule has 0 bridgehead atoms. The number of methoxy groups -OCH3 is 1. The molecular formula is C12H17NO2S. The fourth-order valence-electron chi connectivity index (χ4n) is 1.65. The van der Waals surface area contributed by atoms with E-state index in [4.69, 9.17) is 0 Å². The number of carbonyl (C=O) groups is 1. The Hall–Kier alpha value is -0.900. The van der Waals surface area contributed by atoms with Gasteiger partial charge in [0.1, 0.15) is 0 Å². The van der Waals surface area contributed by atoms with Crippen LogP contribution in [0.25, 0.3) is 0 Å².